The van der Waals surface area contributed by atoms with Crippen LogP contribution in [0, 0.1) is 5.41 Å². The Morgan fingerprint density at radius 1 is 1.39 bits per heavy atom. The summed E-state index contributed by atoms with van der Waals surface area (Å²) in [5.74, 6) is -0.483. The number of hydrogen-bond donors (Lipinski definition) is 3. The Bertz CT molecular complexity index is 322. The number of likely N-dealkylation sites (tertiary alicyclic amines) is 1. The fraction of sp³-hybridized carbons (Fsp3) is 0.750. The molecule has 0 aromatic heterocycles. The van der Waals surface area contributed by atoms with E-state index in [-0.39, 0.29) is 11.4 Å². The number of carbonyl (C=O) groups is 1. The molecule has 0 bridgehead atoms. The van der Waals surface area contributed by atoms with Crippen molar-refractivity contribution >= 4 is 17.3 Å². The molecule has 1 aliphatic rings. The van der Waals surface area contributed by atoms with Gasteiger partial charge in [-0.05, 0) is 45.8 Å². The maximum absolute atomic E-state index is 11.5. The lowest BCUT2D eigenvalue weighted by Gasteiger charge is -2.26. The number of oxime groups is 1. The van der Waals surface area contributed by atoms with Crippen molar-refractivity contribution in [2.24, 2.45) is 5.16 Å². The molecule has 0 aromatic carbocycles. The van der Waals surface area contributed by atoms with Gasteiger partial charge >= 0.3 is 0 Å². The zero-order valence-corrected chi connectivity index (χ0v) is 10.9. The van der Waals surface area contributed by atoms with Gasteiger partial charge in [0.15, 0.2) is 5.71 Å². The maximum Gasteiger partial charge on any atom is 0.275 e. The van der Waals surface area contributed by atoms with E-state index in [1.165, 1.54) is 26.2 Å². The number of hydrogen-bond acceptors (Lipinski definition) is 5. The summed E-state index contributed by atoms with van der Waals surface area (Å²) < 4.78 is 0. The predicted molar refractivity (Wildman–Crippen MR) is 70.5 cm³/mol. The van der Waals surface area contributed by atoms with Crippen molar-refractivity contribution in [3.05, 3.63) is 0 Å². The second-order valence-corrected chi connectivity index (χ2v) is 4.59. The lowest BCUT2D eigenvalue weighted by molar-refractivity contribution is -0.114. The number of nitrogens with zero attached hydrogens (tertiary/aromatic N) is 2. The van der Waals surface area contributed by atoms with Crippen LogP contribution in [0.3, 0.4) is 0 Å². The van der Waals surface area contributed by atoms with Crippen molar-refractivity contribution in [1.82, 2.24) is 10.2 Å². The number of nitrogens with one attached hydrogen (secondary N) is 2. The normalized spacial score (nSPS) is 17.5. The van der Waals surface area contributed by atoms with Gasteiger partial charge in [-0.1, -0.05) is 11.6 Å². The first kappa shape index (κ1) is 14.6. The van der Waals surface area contributed by atoms with Crippen LogP contribution in [0.15, 0.2) is 5.16 Å². The van der Waals surface area contributed by atoms with Crippen molar-refractivity contribution < 1.29 is 10.0 Å². The first-order chi connectivity index (χ1) is 8.65. The summed E-state index contributed by atoms with van der Waals surface area (Å²) in [6, 6.07) is 0. The van der Waals surface area contributed by atoms with Crippen LogP contribution in [-0.2, 0) is 4.79 Å². The predicted octanol–water partition coefficient (Wildman–Crippen LogP) is 0.848. The molecule has 0 aliphatic carbocycles. The number of carbonyl (C=O) groups excluding carboxylic acids is 1. The van der Waals surface area contributed by atoms with Gasteiger partial charge in [0.25, 0.3) is 5.91 Å². The van der Waals surface area contributed by atoms with Gasteiger partial charge in [0.2, 0.25) is 0 Å². The van der Waals surface area contributed by atoms with Gasteiger partial charge < -0.3 is 20.8 Å². The number of amides is 1. The van der Waals surface area contributed by atoms with Gasteiger partial charge in [0.05, 0.1) is 5.71 Å². The molecule has 6 nitrogen and oxygen atoms in total. The van der Waals surface area contributed by atoms with Crippen LogP contribution in [0.1, 0.15) is 32.6 Å². The minimum atomic E-state index is -0.483. The average molecular weight is 254 g/mol. The summed E-state index contributed by atoms with van der Waals surface area (Å²) in [5, 5.41) is 21.4. The molecule has 6 heteroatoms. The second kappa shape index (κ2) is 7.81. The van der Waals surface area contributed by atoms with E-state index in [9.17, 15) is 4.79 Å². The lowest BCUT2D eigenvalue weighted by atomic mass is 10.1. The molecule has 0 aromatic rings. The van der Waals surface area contributed by atoms with Crippen LogP contribution in [0.2, 0.25) is 0 Å². The van der Waals surface area contributed by atoms with E-state index in [1.807, 2.05) is 0 Å². The standard InChI is InChI=1S/C12H22N4O2/c1-10(13)11(15-18)12(17)14-6-5-9-16-7-3-2-4-8-16/h13,18H,2-9H2,1H3,(H,14,17)/b13-10?,15-11+. The third kappa shape index (κ3) is 4.83. The molecule has 0 unspecified atom stereocenters. The van der Waals surface area contributed by atoms with E-state index < -0.39 is 5.91 Å². The first-order valence-electron chi connectivity index (χ1n) is 6.43. The van der Waals surface area contributed by atoms with Crippen LogP contribution in [0.5, 0.6) is 0 Å². The molecule has 0 spiro atoms. The van der Waals surface area contributed by atoms with E-state index in [0.717, 1.165) is 26.1 Å². The SMILES string of the molecule is CC(=N)/C(=N\O)C(=O)NCCCN1CCCCC1. The molecule has 3 N–H and O–H groups in total. The minimum Gasteiger partial charge on any atom is -0.410 e. The lowest BCUT2D eigenvalue weighted by Crippen LogP contribution is -2.37. The smallest absolute Gasteiger partial charge is 0.275 e. The Balaban J connectivity index is 2.17. The van der Waals surface area contributed by atoms with E-state index in [1.54, 1.807) is 0 Å². The number of piperidine rings is 1. The van der Waals surface area contributed by atoms with E-state index >= 15 is 0 Å². The fourth-order valence-electron chi connectivity index (χ4n) is 2.06. The zero-order valence-electron chi connectivity index (χ0n) is 10.9. The zero-order chi connectivity index (χ0) is 13.4. The van der Waals surface area contributed by atoms with Crippen molar-refractivity contribution in [2.75, 3.05) is 26.2 Å². The Hall–Kier alpha value is -1.43. The summed E-state index contributed by atoms with van der Waals surface area (Å²) in [5.41, 5.74) is -0.251. The van der Waals surface area contributed by atoms with Gasteiger partial charge in [0.1, 0.15) is 0 Å². The second-order valence-electron chi connectivity index (χ2n) is 4.59. The van der Waals surface area contributed by atoms with Crippen LogP contribution < -0.4 is 5.32 Å². The van der Waals surface area contributed by atoms with Gasteiger partial charge in [-0.2, -0.15) is 0 Å². The van der Waals surface area contributed by atoms with Crippen molar-refractivity contribution in [1.29, 1.82) is 5.41 Å². The molecule has 1 amide bonds. The molecule has 1 saturated heterocycles. The highest BCUT2D eigenvalue weighted by molar-refractivity contribution is 6.65. The third-order valence-electron chi connectivity index (χ3n) is 3.06. The summed E-state index contributed by atoms with van der Waals surface area (Å²) in [7, 11) is 0. The van der Waals surface area contributed by atoms with Gasteiger partial charge in [-0.25, -0.2) is 0 Å². The van der Waals surface area contributed by atoms with E-state index in [0.29, 0.717) is 6.54 Å². The molecule has 0 saturated carbocycles. The molecule has 102 valence electrons. The van der Waals surface area contributed by atoms with Crippen molar-refractivity contribution in [2.45, 2.75) is 32.6 Å². The molecule has 0 radical (unpaired) electrons. The Kier molecular flexibility index (Phi) is 6.35. The molecule has 1 rings (SSSR count). The van der Waals surface area contributed by atoms with Crippen LogP contribution in [0.4, 0.5) is 0 Å². The molecule has 0 atom stereocenters. The summed E-state index contributed by atoms with van der Waals surface area (Å²) in [6.45, 7) is 5.24. The molecule has 1 fully saturated rings. The van der Waals surface area contributed by atoms with Gasteiger partial charge in [0, 0.05) is 6.54 Å². The quantitative estimate of drug-likeness (QED) is 0.284. The van der Waals surface area contributed by atoms with Gasteiger partial charge in [-0.15, -0.1) is 0 Å². The van der Waals surface area contributed by atoms with Gasteiger partial charge in [-0.3, -0.25) is 4.79 Å². The summed E-state index contributed by atoms with van der Waals surface area (Å²) in [4.78, 5) is 13.9. The largest absolute Gasteiger partial charge is 0.410 e. The minimum absolute atomic E-state index is 0.0361. The topological polar surface area (TPSA) is 88.8 Å². The maximum atomic E-state index is 11.5. The van der Waals surface area contributed by atoms with Crippen LogP contribution in [0.25, 0.3) is 0 Å². The summed E-state index contributed by atoms with van der Waals surface area (Å²) >= 11 is 0. The van der Waals surface area contributed by atoms with E-state index in [4.69, 9.17) is 10.6 Å². The van der Waals surface area contributed by atoms with Crippen LogP contribution >= 0.6 is 0 Å². The monoisotopic (exact) mass is 254 g/mol. The molecule has 1 aliphatic heterocycles. The van der Waals surface area contributed by atoms with Crippen molar-refractivity contribution in [3.8, 4) is 0 Å². The number of rotatable bonds is 6. The highest BCUT2D eigenvalue weighted by Crippen LogP contribution is 2.08. The molecule has 18 heavy (non-hydrogen) atoms. The summed E-state index contributed by atoms with van der Waals surface area (Å²) in [6.07, 6.45) is 4.73. The Morgan fingerprint density at radius 2 is 2.06 bits per heavy atom. The van der Waals surface area contributed by atoms with E-state index in [2.05, 4.69) is 15.4 Å². The molecule has 1 heterocycles. The highest BCUT2D eigenvalue weighted by Gasteiger charge is 2.14. The first-order valence-corrected chi connectivity index (χ1v) is 6.43. The third-order valence-corrected chi connectivity index (χ3v) is 3.06. The highest BCUT2D eigenvalue weighted by atomic mass is 16.4. The van der Waals surface area contributed by atoms with Crippen molar-refractivity contribution in [3.63, 3.8) is 0 Å². The van der Waals surface area contributed by atoms with Crippen LogP contribution in [-0.4, -0.2) is 53.6 Å². The molecular weight excluding hydrogens is 232 g/mol. The average Bonchev–Trinajstić information content (AvgIpc) is 2.36. The fourth-order valence-corrected chi connectivity index (χ4v) is 2.06. The molecular formula is C12H22N4O2. The Morgan fingerprint density at radius 3 is 2.61 bits per heavy atom. The Labute approximate surface area is 108 Å².